The van der Waals surface area contributed by atoms with Gasteiger partial charge >= 0.3 is 5.97 Å². The Labute approximate surface area is 149 Å². The van der Waals surface area contributed by atoms with Gasteiger partial charge in [-0.05, 0) is 35.4 Å². The van der Waals surface area contributed by atoms with E-state index in [1.165, 1.54) is 16.7 Å². The smallest absolute Gasteiger partial charge is 0.323 e. The lowest BCUT2D eigenvalue weighted by molar-refractivity contribution is -0.136. The number of carboxylic acids is 1. The molecule has 1 N–H and O–H groups in total. The highest BCUT2D eigenvalue weighted by molar-refractivity contribution is 7.99. The Kier molecular flexibility index (Phi) is 5.64. The largest absolute Gasteiger partial charge is 0.480 e. The maximum atomic E-state index is 12.6. The van der Waals surface area contributed by atoms with Gasteiger partial charge in [0.2, 0.25) is 11.1 Å². The summed E-state index contributed by atoms with van der Waals surface area (Å²) in [6, 6.07) is 9.08. The second-order valence-electron chi connectivity index (χ2n) is 5.84. The molecule has 1 aliphatic rings. The molecule has 1 aromatic carbocycles. The summed E-state index contributed by atoms with van der Waals surface area (Å²) in [6.07, 6.45) is 4.41. The normalized spacial score (nSPS) is 14.6. The fourth-order valence-electron chi connectivity index (χ4n) is 2.93. The molecule has 0 saturated heterocycles. The number of para-hydroxylation sites is 1. The van der Waals surface area contributed by atoms with Gasteiger partial charge in [-0.1, -0.05) is 42.8 Å². The molecule has 2 aromatic rings. The fraction of sp³-hybridized carbons (Fsp3) is 0.438. The van der Waals surface area contributed by atoms with Crippen LogP contribution in [0, 0.1) is 0 Å². The van der Waals surface area contributed by atoms with Crippen LogP contribution in [-0.2, 0) is 9.59 Å². The number of carbonyl (C=O) groups is 2. The van der Waals surface area contributed by atoms with Gasteiger partial charge in [-0.2, -0.15) is 0 Å². The van der Waals surface area contributed by atoms with Gasteiger partial charge in [-0.25, -0.2) is 4.68 Å². The van der Waals surface area contributed by atoms with Crippen molar-refractivity contribution in [1.29, 1.82) is 0 Å². The van der Waals surface area contributed by atoms with Crippen LogP contribution in [0.2, 0.25) is 0 Å². The maximum Gasteiger partial charge on any atom is 0.323 e. The molecule has 1 saturated carbocycles. The fourth-order valence-corrected chi connectivity index (χ4v) is 3.75. The van der Waals surface area contributed by atoms with Crippen LogP contribution in [0.15, 0.2) is 35.5 Å². The number of benzene rings is 1. The molecule has 0 aliphatic heterocycles. The van der Waals surface area contributed by atoms with Crippen molar-refractivity contribution in [2.45, 2.75) is 36.9 Å². The zero-order valence-corrected chi connectivity index (χ0v) is 14.4. The van der Waals surface area contributed by atoms with E-state index in [0.29, 0.717) is 10.8 Å². The summed E-state index contributed by atoms with van der Waals surface area (Å²) in [5.41, 5.74) is 0.561. The molecule has 132 valence electrons. The summed E-state index contributed by atoms with van der Waals surface area (Å²) < 4.78 is 1.79. The number of anilines is 1. The van der Waals surface area contributed by atoms with E-state index in [-0.39, 0.29) is 24.2 Å². The van der Waals surface area contributed by atoms with Crippen LogP contribution in [0.4, 0.5) is 5.69 Å². The summed E-state index contributed by atoms with van der Waals surface area (Å²) in [7, 11) is 0. The SMILES string of the molecule is O=C(O)CN(C(=O)CSc1nnnn1C1CCCC1)c1ccccc1. The first-order valence-corrected chi connectivity index (χ1v) is 9.11. The van der Waals surface area contributed by atoms with E-state index in [9.17, 15) is 9.59 Å². The van der Waals surface area contributed by atoms with E-state index in [1.54, 1.807) is 28.9 Å². The molecule has 1 aromatic heterocycles. The van der Waals surface area contributed by atoms with Crippen LogP contribution in [-0.4, -0.2) is 49.5 Å². The number of tetrazole rings is 1. The minimum Gasteiger partial charge on any atom is -0.480 e. The van der Waals surface area contributed by atoms with Crippen LogP contribution in [0.3, 0.4) is 0 Å². The van der Waals surface area contributed by atoms with Crippen molar-refractivity contribution in [2.24, 2.45) is 0 Å². The number of rotatable bonds is 7. The van der Waals surface area contributed by atoms with Crippen LogP contribution >= 0.6 is 11.8 Å². The van der Waals surface area contributed by atoms with Crippen molar-refractivity contribution < 1.29 is 14.7 Å². The van der Waals surface area contributed by atoms with Crippen molar-refractivity contribution in [3.05, 3.63) is 30.3 Å². The van der Waals surface area contributed by atoms with Crippen molar-refractivity contribution in [3.63, 3.8) is 0 Å². The van der Waals surface area contributed by atoms with Crippen molar-refractivity contribution in [2.75, 3.05) is 17.2 Å². The molecule has 0 radical (unpaired) electrons. The molecule has 1 heterocycles. The number of amides is 1. The molecule has 0 atom stereocenters. The first-order chi connectivity index (χ1) is 12.1. The second kappa shape index (κ2) is 8.11. The van der Waals surface area contributed by atoms with Crippen molar-refractivity contribution >= 4 is 29.3 Å². The molecule has 1 aliphatic carbocycles. The molecule has 0 bridgehead atoms. The molecule has 25 heavy (non-hydrogen) atoms. The number of nitrogens with zero attached hydrogens (tertiary/aromatic N) is 5. The second-order valence-corrected chi connectivity index (χ2v) is 6.78. The van der Waals surface area contributed by atoms with Crippen LogP contribution in [0.5, 0.6) is 0 Å². The number of thioether (sulfide) groups is 1. The summed E-state index contributed by atoms with van der Waals surface area (Å²) in [5.74, 6) is -1.27. The lowest BCUT2D eigenvalue weighted by Crippen LogP contribution is -2.37. The minimum absolute atomic E-state index is 0.0786. The van der Waals surface area contributed by atoms with Gasteiger partial charge in [0.15, 0.2) is 0 Å². The molecule has 0 spiro atoms. The third-order valence-electron chi connectivity index (χ3n) is 4.12. The Morgan fingerprint density at radius 1 is 1.24 bits per heavy atom. The molecule has 1 fully saturated rings. The van der Waals surface area contributed by atoms with Crippen LogP contribution in [0.25, 0.3) is 0 Å². The Balaban J connectivity index is 1.68. The Bertz CT molecular complexity index is 730. The standard InChI is InChI=1S/C16H19N5O3S/c22-14(20(10-15(23)24)12-6-2-1-3-7-12)11-25-16-17-18-19-21(16)13-8-4-5-9-13/h1-3,6-7,13H,4-5,8-11H2,(H,23,24). The quantitative estimate of drug-likeness (QED) is 0.753. The predicted octanol–water partition coefficient (Wildman–Crippen LogP) is 2.00. The predicted molar refractivity (Wildman–Crippen MR) is 92.5 cm³/mol. The highest BCUT2D eigenvalue weighted by Gasteiger charge is 2.24. The monoisotopic (exact) mass is 361 g/mol. The number of aliphatic carboxylic acids is 1. The lowest BCUT2D eigenvalue weighted by Gasteiger charge is -2.20. The molecule has 3 rings (SSSR count). The number of hydrogen-bond acceptors (Lipinski definition) is 6. The van der Waals surface area contributed by atoms with Gasteiger partial charge in [0, 0.05) is 5.69 Å². The van der Waals surface area contributed by atoms with Crippen molar-refractivity contribution in [1.82, 2.24) is 20.2 Å². The van der Waals surface area contributed by atoms with Gasteiger partial charge in [0.05, 0.1) is 11.8 Å². The Hall–Kier alpha value is -2.42. The van der Waals surface area contributed by atoms with E-state index in [0.717, 1.165) is 25.7 Å². The lowest BCUT2D eigenvalue weighted by atomic mass is 10.3. The molecular weight excluding hydrogens is 342 g/mol. The topological polar surface area (TPSA) is 101 Å². The van der Waals surface area contributed by atoms with Crippen molar-refractivity contribution in [3.8, 4) is 0 Å². The molecule has 0 unspecified atom stereocenters. The Morgan fingerprint density at radius 3 is 2.64 bits per heavy atom. The van der Waals surface area contributed by atoms with Gasteiger partial charge < -0.3 is 10.0 Å². The van der Waals surface area contributed by atoms with Crippen LogP contribution < -0.4 is 4.90 Å². The van der Waals surface area contributed by atoms with Gasteiger partial charge in [-0.3, -0.25) is 9.59 Å². The molecule has 9 heteroatoms. The minimum atomic E-state index is -1.06. The summed E-state index contributed by atoms with van der Waals surface area (Å²) in [4.78, 5) is 24.9. The first kappa shape index (κ1) is 17.4. The first-order valence-electron chi connectivity index (χ1n) is 8.13. The number of carboxylic acid groups (broad SMARTS) is 1. The zero-order valence-electron chi connectivity index (χ0n) is 13.6. The zero-order chi connectivity index (χ0) is 17.6. The maximum absolute atomic E-state index is 12.6. The van der Waals surface area contributed by atoms with E-state index in [1.807, 2.05) is 6.07 Å². The summed E-state index contributed by atoms with van der Waals surface area (Å²) >= 11 is 1.24. The van der Waals surface area contributed by atoms with Crippen LogP contribution in [0.1, 0.15) is 31.7 Å². The summed E-state index contributed by atoms with van der Waals surface area (Å²) in [6.45, 7) is -0.378. The highest BCUT2D eigenvalue weighted by atomic mass is 32.2. The third-order valence-corrected chi connectivity index (χ3v) is 5.04. The molecule has 8 nitrogen and oxygen atoms in total. The van der Waals surface area contributed by atoms with E-state index in [2.05, 4.69) is 15.5 Å². The van der Waals surface area contributed by atoms with E-state index in [4.69, 9.17) is 5.11 Å². The van der Waals surface area contributed by atoms with Gasteiger partial charge in [0.25, 0.3) is 0 Å². The highest BCUT2D eigenvalue weighted by Crippen LogP contribution is 2.31. The summed E-state index contributed by atoms with van der Waals surface area (Å²) in [5, 5.41) is 21.5. The van der Waals surface area contributed by atoms with Gasteiger partial charge in [-0.15, -0.1) is 5.10 Å². The molecule has 1 amide bonds. The van der Waals surface area contributed by atoms with Gasteiger partial charge in [0.1, 0.15) is 6.54 Å². The third kappa shape index (κ3) is 4.36. The van der Waals surface area contributed by atoms with E-state index < -0.39 is 5.97 Å². The van der Waals surface area contributed by atoms with E-state index >= 15 is 0 Å². The average molecular weight is 361 g/mol. The number of carbonyl (C=O) groups excluding carboxylic acids is 1. The number of aromatic nitrogens is 4. The number of hydrogen-bond donors (Lipinski definition) is 1. The molecular formula is C16H19N5O3S. The average Bonchev–Trinajstić information content (AvgIpc) is 3.29. The Morgan fingerprint density at radius 2 is 1.96 bits per heavy atom.